The van der Waals surface area contributed by atoms with Crippen LogP contribution in [0.5, 0.6) is 0 Å². The number of amidine groups is 2. The molecule has 0 fully saturated rings. The monoisotopic (exact) mass is 848 g/mol. The highest BCUT2D eigenvalue weighted by Gasteiger charge is 2.26. The van der Waals surface area contributed by atoms with Crippen LogP contribution in [-0.4, -0.2) is 16.2 Å². The molecule has 0 bridgehead atoms. The van der Waals surface area contributed by atoms with Crippen LogP contribution >= 0.6 is 11.3 Å². The minimum Gasteiger partial charge on any atom is -0.456 e. The first kappa shape index (κ1) is 36.2. The van der Waals surface area contributed by atoms with Gasteiger partial charge in [-0.3, -0.25) is 0 Å². The second-order valence-corrected chi connectivity index (χ2v) is 18.0. The first-order chi connectivity index (χ1) is 32.2. The van der Waals surface area contributed by atoms with Crippen LogP contribution in [0.3, 0.4) is 0 Å². The summed E-state index contributed by atoms with van der Waals surface area (Å²) in [6.45, 7) is 0. The quantitative estimate of drug-likeness (QED) is 0.188. The van der Waals surface area contributed by atoms with Crippen molar-refractivity contribution in [1.82, 2.24) is 9.88 Å². The largest absolute Gasteiger partial charge is 0.456 e. The molecule has 3 aromatic heterocycles. The molecule has 0 aliphatic carbocycles. The number of hydrogen-bond donors (Lipinski definition) is 1. The maximum absolute atomic E-state index is 6.40. The van der Waals surface area contributed by atoms with Crippen molar-refractivity contribution in [2.75, 3.05) is 0 Å². The lowest BCUT2D eigenvalue weighted by atomic mass is 9.93. The summed E-state index contributed by atoms with van der Waals surface area (Å²) >= 11 is 1.85. The van der Waals surface area contributed by atoms with Crippen LogP contribution in [0.25, 0.3) is 102 Å². The van der Waals surface area contributed by atoms with E-state index in [9.17, 15) is 0 Å². The van der Waals surface area contributed by atoms with Crippen LogP contribution in [-0.2, 0) is 0 Å². The van der Waals surface area contributed by atoms with Gasteiger partial charge in [-0.2, -0.15) is 0 Å². The van der Waals surface area contributed by atoms with E-state index in [1.54, 1.807) is 0 Å². The van der Waals surface area contributed by atoms with Gasteiger partial charge in [0.05, 0.1) is 11.0 Å². The zero-order chi connectivity index (χ0) is 42.6. The number of para-hydroxylation sites is 2. The molecule has 1 unspecified atom stereocenters. The molecule has 6 heteroatoms. The summed E-state index contributed by atoms with van der Waals surface area (Å²) in [5.41, 5.74) is 10.2. The number of thiophene rings is 1. The van der Waals surface area contributed by atoms with Crippen LogP contribution in [0.4, 0.5) is 0 Å². The van der Waals surface area contributed by atoms with Crippen LogP contribution in [0.1, 0.15) is 22.9 Å². The fraction of sp³-hybridized carbons (Fsp3) is 0.0169. The van der Waals surface area contributed by atoms with Gasteiger partial charge in [0.25, 0.3) is 0 Å². The molecule has 1 N–H and O–H groups in total. The highest BCUT2D eigenvalue weighted by Crippen LogP contribution is 2.44. The maximum Gasteiger partial charge on any atom is 0.160 e. The average Bonchev–Trinajstić information content (AvgIpc) is 4.03. The van der Waals surface area contributed by atoms with Crippen molar-refractivity contribution in [2.45, 2.75) is 6.17 Å². The Hall–Kier alpha value is -8.32. The van der Waals surface area contributed by atoms with Crippen molar-refractivity contribution >= 4 is 108 Å². The fourth-order valence-corrected chi connectivity index (χ4v) is 11.3. The van der Waals surface area contributed by atoms with E-state index in [0.29, 0.717) is 5.84 Å². The lowest BCUT2D eigenvalue weighted by Gasteiger charge is -2.25. The van der Waals surface area contributed by atoms with Crippen molar-refractivity contribution in [2.24, 2.45) is 9.98 Å². The number of aliphatic imine (C=N–C) groups is 2. The minimum atomic E-state index is -0.382. The van der Waals surface area contributed by atoms with E-state index in [1.807, 2.05) is 29.5 Å². The standard InChI is InChI=1S/C59H36N4OS/c1-2-13-35(14-3-1)57-60-58(40-25-27-44-43-20-9-11-23-52(43)64-53(44)32-40)62-59(61-57)46-28-26-41(63-50-22-10-8-19-42(50)48-29-36-15-4-6-17-38(36)31-51(48)63)34-47(46)45-21-12-24-54-56(45)49-30-37-16-5-7-18-39(37)33-55(49)65-54/h1-34,57H,(H,60,61,62). The summed E-state index contributed by atoms with van der Waals surface area (Å²) in [7, 11) is 0. The zero-order valence-corrected chi connectivity index (χ0v) is 35.7. The van der Waals surface area contributed by atoms with Crippen molar-refractivity contribution in [3.05, 3.63) is 223 Å². The first-order valence-corrected chi connectivity index (χ1v) is 22.8. The Balaban J connectivity index is 1.04. The Morgan fingerprint density at radius 2 is 1.17 bits per heavy atom. The lowest BCUT2D eigenvalue weighted by Crippen LogP contribution is -2.33. The van der Waals surface area contributed by atoms with Gasteiger partial charge in [0.1, 0.15) is 23.2 Å². The number of rotatable bonds is 5. The van der Waals surface area contributed by atoms with Crippen molar-refractivity contribution in [1.29, 1.82) is 0 Å². The Kier molecular flexibility index (Phi) is 7.85. The molecule has 1 atom stereocenters. The molecule has 4 heterocycles. The second-order valence-electron chi connectivity index (χ2n) is 17.0. The molecule has 304 valence electrons. The lowest BCUT2D eigenvalue weighted by molar-refractivity contribution is 0.666. The normalized spacial score (nSPS) is 14.3. The molecule has 1 aliphatic heterocycles. The molecule has 0 amide bonds. The van der Waals surface area contributed by atoms with Crippen LogP contribution in [0, 0.1) is 0 Å². The average molecular weight is 849 g/mol. The number of nitrogens with one attached hydrogen (secondary N) is 1. The van der Waals surface area contributed by atoms with Gasteiger partial charge in [0.2, 0.25) is 0 Å². The number of aromatic nitrogens is 1. The van der Waals surface area contributed by atoms with Gasteiger partial charge >= 0.3 is 0 Å². The Bertz CT molecular complexity index is 4170. The summed E-state index contributed by atoms with van der Waals surface area (Å²) in [4.78, 5) is 10.9. The molecular weight excluding hydrogens is 813 g/mol. The van der Waals surface area contributed by atoms with Crippen LogP contribution in [0.2, 0.25) is 0 Å². The summed E-state index contributed by atoms with van der Waals surface area (Å²) in [6, 6.07) is 74.1. The molecule has 0 spiro atoms. The van der Waals surface area contributed by atoms with E-state index in [2.05, 4.69) is 198 Å². The molecule has 0 radical (unpaired) electrons. The summed E-state index contributed by atoms with van der Waals surface area (Å²) in [5, 5.41) is 15.7. The Morgan fingerprint density at radius 1 is 0.462 bits per heavy atom. The van der Waals surface area contributed by atoms with Crippen LogP contribution < -0.4 is 5.32 Å². The molecular formula is C59H36N4OS. The van der Waals surface area contributed by atoms with Crippen molar-refractivity contribution < 1.29 is 4.42 Å². The number of nitrogens with zero attached hydrogens (tertiary/aromatic N) is 3. The minimum absolute atomic E-state index is 0.382. The second kappa shape index (κ2) is 14.1. The molecule has 13 aromatic rings. The van der Waals surface area contributed by atoms with E-state index < -0.39 is 0 Å². The zero-order valence-electron chi connectivity index (χ0n) is 34.9. The number of furan rings is 1. The molecule has 0 saturated heterocycles. The van der Waals surface area contributed by atoms with Crippen LogP contribution in [0.15, 0.2) is 221 Å². The van der Waals surface area contributed by atoms with E-state index in [1.165, 1.54) is 58.0 Å². The van der Waals surface area contributed by atoms with E-state index in [4.69, 9.17) is 14.4 Å². The summed E-state index contributed by atoms with van der Waals surface area (Å²) < 4.78 is 11.3. The number of benzene rings is 10. The van der Waals surface area contributed by atoms with Gasteiger partial charge in [-0.05, 0) is 111 Å². The third-order valence-electron chi connectivity index (χ3n) is 13.2. The third kappa shape index (κ3) is 5.71. The Labute approximate surface area is 376 Å². The molecule has 14 rings (SSSR count). The third-order valence-corrected chi connectivity index (χ3v) is 14.3. The molecule has 1 aliphatic rings. The molecule has 10 aromatic carbocycles. The predicted octanol–water partition coefficient (Wildman–Crippen LogP) is 15.5. The maximum atomic E-state index is 6.40. The van der Waals surface area contributed by atoms with Crippen molar-refractivity contribution in [3.8, 4) is 16.8 Å². The summed E-state index contributed by atoms with van der Waals surface area (Å²) in [6.07, 6.45) is -0.382. The fourth-order valence-electron chi connectivity index (χ4n) is 10.2. The SMILES string of the molecule is c1ccc(C2N=C(c3ccc(-n4c5ccccc5c5cc6ccccc6cc54)cc3-c3cccc4sc5cc6ccccc6cc5c34)N=C(c3ccc4c(c3)oc3ccccc34)N2)cc1. The van der Waals surface area contributed by atoms with Gasteiger partial charge in [0.15, 0.2) is 5.84 Å². The van der Waals surface area contributed by atoms with Crippen molar-refractivity contribution in [3.63, 3.8) is 0 Å². The first-order valence-electron chi connectivity index (χ1n) is 22.0. The highest BCUT2D eigenvalue weighted by atomic mass is 32.1. The molecule has 65 heavy (non-hydrogen) atoms. The topological polar surface area (TPSA) is 54.8 Å². The van der Waals surface area contributed by atoms with Gasteiger partial charge < -0.3 is 14.3 Å². The molecule has 0 saturated carbocycles. The molecule has 5 nitrogen and oxygen atoms in total. The Morgan fingerprint density at radius 3 is 2.02 bits per heavy atom. The predicted molar refractivity (Wildman–Crippen MR) is 273 cm³/mol. The van der Waals surface area contributed by atoms with E-state index in [-0.39, 0.29) is 6.17 Å². The van der Waals surface area contributed by atoms with Gasteiger partial charge in [-0.15, -0.1) is 11.3 Å². The highest BCUT2D eigenvalue weighted by molar-refractivity contribution is 7.26. The summed E-state index contributed by atoms with van der Waals surface area (Å²) in [5.74, 6) is 1.40. The van der Waals surface area contributed by atoms with Gasteiger partial charge in [-0.25, -0.2) is 9.98 Å². The van der Waals surface area contributed by atoms with Gasteiger partial charge in [0, 0.05) is 58.5 Å². The number of hydrogen-bond acceptors (Lipinski definition) is 5. The number of fused-ring (bicyclic) bond motifs is 11. The van der Waals surface area contributed by atoms with E-state index in [0.717, 1.165) is 66.8 Å². The van der Waals surface area contributed by atoms with Gasteiger partial charge in [-0.1, -0.05) is 133 Å². The van der Waals surface area contributed by atoms with E-state index >= 15 is 0 Å². The smallest absolute Gasteiger partial charge is 0.160 e.